The fourth-order valence-corrected chi connectivity index (χ4v) is 4.03. The zero-order valence-corrected chi connectivity index (χ0v) is 18.0. The molecule has 4 rings (SSSR count). The largest absolute Gasteiger partial charge is 0.480 e. The number of benzene rings is 2. The number of aromatic nitrogens is 1. The summed E-state index contributed by atoms with van der Waals surface area (Å²) in [5.41, 5.74) is 4.77. The first-order chi connectivity index (χ1) is 16.0. The van der Waals surface area contributed by atoms with Crippen LogP contribution in [0.2, 0.25) is 0 Å². The Balaban J connectivity index is 1.38. The number of carbonyl (C=O) groups is 3. The van der Waals surface area contributed by atoms with Crippen molar-refractivity contribution in [2.45, 2.75) is 19.4 Å². The Hall–Kier alpha value is -4.14. The third-order valence-electron chi connectivity index (χ3n) is 5.61. The summed E-state index contributed by atoms with van der Waals surface area (Å²) in [6.07, 6.45) is 0.484. The molecule has 0 saturated heterocycles. The molecule has 1 heterocycles. The highest BCUT2D eigenvalue weighted by Crippen LogP contribution is 2.44. The SMILES string of the molecule is CCN(CC(=O)O)C(=O)c1conc1CNC(=O)OCC1c2ccccc2-c2ccccc21. The maximum Gasteiger partial charge on any atom is 0.407 e. The van der Waals surface area contributed by atoms with Crippen LogP contribution in [0.15, 0.2) is 59.3 Å². The minimum absolute atomic E-state index is 0.0681. The van der Waals surface area contributed by atoms with Gasteiger partial charge in [0.1, 0.15) is 30.7 Å². The molecule has 2 N–H and O–H groups in total. The lowest BCUT2D eigenvalue weighted by atomic mass is 9.98. The standard InChI is InChI=1S/C24H23N3O6/c1-2-27(12-22(28)29)23(30)20-14-33-26-21(20)11-25-24(31)32-13-19-17-9-5-3-7-15(17)16-8-4-6-10-18(16)19/h3-10,14,19H,2,11-13H2,1H3,(H,25,31)(H,28,29). The van der Waals surface area contributed by atoms with Crippen molar-refractivity contribution in [3.63, 3.8) is 0 Å². The number of alkyl carbamates (subject to hydrolysis) is 1. The Morgan fingerprint density at radius 2 is 1.73 bits per heavy atom. The van der Waals surface area contributed by atoms with E-state index < -0.39 is 24.5 Å². The topological polar surface area (TPSA) is 122 Å². The summed E-state index contributed by atoms with van der Waals surface area (Å²) in [6, 6.07) is 16.1. The first kappa shape index (κ1) is 22.1. The average Bonchev–Trinajstić information content (AvgIpc) is 3.42. The van der Waals surface area contributed by atoms with Gasteiger partial charge in [0.15, 0.2) is 0 Å². The zero-order valence-electron chi connectivity index (χ0n) is 18.0. The molecule has 0 saturated carbocycles. The lowest BCUT2D eigenvalue weighted by molar-refractivity contribution is -0.137. The molecule has 9 heteroatoms. The minimum Gasteiger partial charge on any atom is -0.480 e. The van der Waals surface area contributed by atoms with Crippen molar-refractivity contribution in [1.29, 1.82) is 0 Å². The van der Waals surface area contributed by atoms with Crippen LogP contribution in [0.25, 0.3) is 11.1 Å². The van der Waals surface area contributed by atoms with E-state index in [-0.39, 0.29) is 36.9 Å². The predicted molar refractivity (Wildman–Crippen MR) is 118 cm³/mol. The summed E-state index contributed by atoms with van der Waals surface area (Å²) in [5.74, 6) is -1.73. The third-order valence-corrected chi connectivity index (χ3v) is 5.61. The van der Waals surface area contributed by atoms with Crippen molar-refractivity contribution in [2.24, 2.45) is 0 Å². The van der Waals surface area contributed by atoms with Crippen LogP contribution in [0, 0.1) is 0 Å². The first-order valence-corrected chi connectivity index (χ1v) is 10.5. The molecular formula is C24H23N3O6. The molecule has 9 nitrogen and oxygen atoms in total. The fraction of sp³-hybridized carbons (Fsp3) is 0.250. The quantitative estimate of drug-likeness (QED) is 0.541. The Kier molecular flexibility index (Phi) is 6.39. The molecule has 2 aromatic carbocycles. The van der Waals surface area contributed by atoms with Gasteiger partial charge in [0, 0.05) is 12.5 Å². The monoisotopic (exact) mass is 449 g/mol. The number of rotatable bonds is 8. The summed E-state index contributed by atoms with van der Waals surface area (Å²) in [6.45, 7) is 1.49. The van der Waals surface area contributed by atoms with Gasteiger partial charge in [0.05, 0.1) is 6.54 Å². The molecule has 0 radical (unpaired) electrons. The van der Waals surface area contributed by atoms with Gasteiger partial charge in [-0.05, 0) is 29.2 Å². The second-order valence-electron chi connectivity index (χ2n) is 7.57. The highest BCUT2D eigenvalue weighted by atomic mass is 16.5. The number of aliphatic carboxylic acids is 1. The minimum atomic E-state index is -1.13. The maximum atomic E-state index is 12.6. The molecule has 0 spiro atoms. The highest BCUT2D eigenvalue weighted by Gasteiger charge is 2.29. The van der Waals surface area contributed by atoms with Crippen LogP contribution in [0.1, 0.15) is 40.0 Å². The molecule has 170 valence electrons. The van der Waals surface area contributed by atoms with E-state index in [9.17, 15) is 14.4 Å². The van der Waals surface area contributed by atoms with Gasteiger partial charge >= 0.3 is 12.1 Å². The van der Waals surface area contributed by atoms with E-state index in [1.165, 1.54) is 0 Å². The maximum absolute atomic E-state index is 12.6. The van der Waals surface area contributed by atoms with Gasteiger partial charge in [-0.3, -0.25) is 9.59 Å². The van der Waals surface area contributed by atoms with Gasteiger partial charge in [-0.1, -0.05) is 53.7 Å². The number of fused-ring (bicyclic) bond motifs is 3. The van der Waals surface area contributed by atoms with E-state index >= 15 is 0 Å². The lowest BCUT2D eigenvalue weighted by Crippen LogP contribution is -2.36. The van der Waals surface area contributed by atoms with Gasteiger partial charge in [-0.2, -0.15) is 0 Å². The number of hydrogen-bond acceptors (Lipinski definition) is 6. The van der Waals surface area contributed by atoms with Crippen LogP contribution in [0.5, 0.6) is 0 Å². The van der Waals surface area contributed by atoms with Crippen molar-refractivity contribution in [3.8, 4) is 11.1 Å². The summed E-state index contributed by atoms with van der Waals surface area (Å²) < 4.78 is 10.4. The average molecular weight is 449 g/mol. The number of ether oxygens (including phenoxy) is 1. The van der Waals surface area contributed by atoms with E-state index in [0.717, 1.165) is 33.4 Å². The number of amides is 2. The number of hydrogen-bond donors (Lipinski definition) is 2. The van der Waals surface area contributed by atoms with Crippen molar-refractivity contribution < 1.29 is 28.8 Å². The predicted octanol–water partition coefficient (Wildman–Crippen LogP) is 3.26. The Labute approximate surface area is 189 Å². The van der Waals surface area contributed by atoms with E-state index in [1.54, 1.807) is 6.92 Å². The van der Waals surface area contributed by atoms with Gasteiger partial charge in [0.2, 0.25) is 0 Å². The molecule has 0 aliphatic heterocycles. The smallest absolute Gasteiger partial charge is 0.407 e. The number of nitrogens with zero attached hydrogens (tertiary/aromatic N) is 2. The first-order valence-electron chi connectivity index (χ1n) is 10.5. The number of carboxylic acid groups (broad SMARTS) is 1. The number of nitrogens with one attached hydrogen (secondary N) is 1. The number of carbonyl (C=O) groups excluding carboxylic acids is 2. The Morgan fingerprint density at radius 3 is 2.33 bits per heavy atom. The summed E-state index contributed by atoms with van der Waals surface area (Å²) in [4.78, 5) is 37.1. The third kappa shape index (κ3) is 4.57. The van der Waals surface area contributed by atoms with Crippen LogP contribution >= 0.6 is 0 Å². The second kappa shape index (κ2) is 9.56. The molecule has 1 aliphatic rings. The molecule has 0 fully saturated rings. The molecule has 0 unspecified atom stereocenters. The van der Waals surface area contributed by atoms with Crippen molar-refractivity contribution in [2.75, 3.05) is 19.7 Å². The summed E-state index contributed by atoms with van der Waals surface area (Å²) in [7, 11) is 0. The van der Waals surface area contributed by atoms with Crippen molar-refractivity contribution in [3.05, 3.63) is 77.2 Å². The van der Waals surface area contributed by atoms with Crippen LogP contribution in [-0.2, 0) is 16.1 Å². The molecule has 0 atom stereocenters. The molecule has 3 aromatic rings. The fourth-order valence-electron chi connectivity index (χ4n) is 4.03. The van der Waals surface area contributed by atoms with Gasteiger partial charge in [0.25, 0.3) is 5.91 Å². The number of carboxylic acids is 1. The van der Waals surface area contributed by atoms with Crippen LogP contribution in [-0.4, -0.2) is 52.8 Å². The van der Waals surface area contributed by atoms with Crippen molar-refractivity contribution >= 4 is 18.0 Å². The summed E-state index contributed by atoms with van der Waals surface area (Å²) in [5, 5.41) is 15.3. The molecular weight excluding hydrogens is 426 g/mol. The van der Waals surface area contributed by atoms with E-state index in [0.29, 0.717) is 0 Å². The van der Waals surface area contributed by atoms with E-state index in [1.807, 2.05) is 36.4 Å². The van der Waals surface area contributed by atoms with Crippen LogP contribution < -0.4 is 5.32 Å². The van der Waals surface area contributed by atoms with Crippen molar-refractivity contribution in [1.82, 2.24) is 15.4 Å². The number of likely N-dealkylation sites (N-methyl/N-ethyl adjacent to an activating group) is 1. The molecule has 2 amide bonds. The van der Waals surface area contributed by atoms with E-state index in [4.69, 9.17) is 14.4 Å². The van der Waals surface area contributed by atoms with Gasteiger partial charge in [-0.15, -0.1) is 0 Å². The Morgan fingerprint density at radius 1 is 1.09 bits per heavy atom. The van der Waals surface area contributed by atoms with Crippen LogP contribution in [0.4, 0.5) is 4.79 Å². The Bertz CT molecular complexity index is 1140. The van der Waals surface area contributed by atoms with Gasteiger partial charge < -0.3 is 24.6 Å². The lowest BCUT2D eigenvalue weighted by Gasteiger charge is -2.18. The van der Waals surface area contributed by atoms with Gasteiger partial charge in [-0.25, -0.2) is 4.79 Å². The molecule has 1 aliphatic carbocycles. The van der Waals surface area contributed by atoms with Crippen LogP contribution in [0.3, 0.4) is 0 Å². The van der Waals surface area contributed by atoms with E-state index in [2.05, 4.69) is 22.6 Å². The zero-order chi connectivity index (χ0) is 23.4. The molecule has 1 aromatic heterocycles. The highest BCUT2D eigenvalue weighted by molar-refractivity contribution is 5.96. The second-order valence-corrected chi connectivity index (χ2v) is 7.57. The summed E-state index contributed by atoms with van der Waals surface area (Å²) >= 11 is 0. The molecule has 33 heavy (non-hydrogen) atoms. The normalized spacial score (nSPS) is 12.0. The molecule has 0 bridgehead atoms.